The smallest absolute Gasteiger partial charge is 0.245 e. The summed E-state index contributed by atoms with van der Waals surface area (Å²) >= 11 is 3.10. The second kappa shape index (κ2) is 6.88. The van der Waals surface area contributed by atoms with E-state index >= 15 is 0 Å². The van der Waals surface area contributed by atoms with Gasteiger partial charge in [0.2, 0.25) is 10.0 Å². The maximum Gasteiger partial charge on any atom is 0.245 e. The monoisotopic (exact) mass is 352 g/mol. The van der Waals surface area contributed by atoms with Gasteiger partial charge in [-0.2, -0.15) is 0 Å². The van der Waals surface area contributed by atoms with Crippen LogP contribution in [0.5, 0.6) is 0 Å². The molecule has 0 amide bonds. The molecule has 0 aliphatic heterocycles. The molecular formula is C12H21BrN2O3S. The molecule has 0 bridgehead atoms. The molecule has 0 saturated heterocycles. The van der Waals surface area contributed by atoms with E-state index < -0.39 is 10.0 Å². The lowest BCUT2D eigenvalue weighted by atomic mass is 10.1. The van der Waals surface area contributed by atoms with Gasteiger partial charge in [-0.1, -0.05) is 13.8 Å². The zero-order valence-electron chi connectivity index (χ0n) is 11.4. The van der Waals surface area contributed by atoms with E-state index in [-0.39, 0.29) is 22.2 Å². The van der Waals surface area contributed by atoms with Gasteiger partial charge in [0.1, 0.15) is 10.7 Å². The number of nitrogens with one attached hydrogen (secondary N) is 1. The lowest BCUT2D eigenvalue weighted by Gasteiger charge is -2.14. The van der Waals surface area contributed by atoms with E-state index in [9.17, 15) is 8.42 Å². The lowest BCUT2D eigenvalue weighted by molar-refractivity contribution is 0.476. The number of hydrogen-bond donors (Lipinski definition) is 2. The van der Waals surface area contributed by atoms with Gasteiger partial charge in [0, 0.05) is 12.1 Å². The van der Waals surface area contributed by atoms with Crippen molar-refractivity contribution in [3.63, 3.8) is 0 Å². The Bertz CT molecular complexity index is 511. The van der Waals surface area contributed by atoms with E-state index in [1.165, 1.54) is 6.07 Å². The van der Waals surface area contributed by atoms with Crippen molar-refractivity contribution in [3.8, 4) is 0 Å². The molecule has 0 fully saturated rings. The van der Waals surface area contributed by atoms with E-state index in [4.69, 9.17) is 10.2 Å². The fraction of sp³-hybridized carbons (Fsp3) is 0.667. The Morgan fingerprint density at radius 3 is 2.47 bits per heavy atom. The Hall–Kier alpha value is -0.370. The number of hydrogen-bond acceptors (Lipinski definition) is 4. The second-order valence-corrected chi connectivity index (χ2v) is 7.45. The molecule has 7 heteroatoms. The van der Waals surface area contributed by atoms with Crippen LogP contribution in [-0.4, -0.2) is 14.5 Å². The first-order chi connectivity index (χ1) is 8.76. The van der Waals surface area contributed by atoms with E-state index in [1.807, 2.05) is 6.92 Å². The van der Waals surface area contributed by atoms with Crippen molar-refractivity contribution in [3.05, 3.63) is 16.5 Å². The van der Waals surface area contributed by atoms with Crippen molar-refractivity contribution in [1.82, 2.24) is 4.72 Å². The van der Waals surface area contributed by atoms with Crippen LogP contribution in [0, 0.1) is 5.92 Å². The maximum absolute atomic E-state index is 12.2. The average Bonchev–Trinajstić information content (AvgIpc) is 2.68. The SMILES string of the molecule is CC(C)CCC(C)NS(=O)(=O)c1cc(CN)oc1Br. The summed E-state index contributed by atoms with van der Waals surface area (Å²) in [6.45, 7) is 6.25. The van der Waals surface area contributed by atoms with Crippen LogP contribution < -0.4 is 10.5 Å². The summed E-state index contributed by atoms with van der Waals surface area (Å²) < 4.78 is 32.4. The molecule has 5 nitrogen and oxygen atoms in total. The summed E-state index contributed by atoms with van der Waals surface area (Å²) in [5, 5.41) is 0. The van der Waals surface area contributed by atoms with E-state index in [2.05, 4.69) is 34.5 Å². The number of furan rings is 1. The Balaban J connectivity index is 2.77. The minimum Gasteiger partial charge on any atom is -0.452 e. The molecule has 1 atom stereocenters. The highest BCUT2D eigenvalue weighted by atomic mass is 79.9. The summed E-state index contributed by atoms with van der Waals surface area (Å²) in [5.74, 6) is 0.985. The maximum atomic E-state index is 12.2. The number of halogens is 1. The largest absolute Gasteiger partial charge is 0.452 e. The molecule has 1 aromatic heterocycles. The molecule has 0 radical (unpaired) electrons. The van der Waals surface area contributed by atoms with Crippen LogP contribution >= 0.6 is 15.9 Å². The van der Waals surface area contributed by atoms with Crippen molar-refractivity contribution in [2.45, 2.75) is 51.1 Å². The quantitative estimate of drug-likeness (QED) is 0.789. The molecule has 1 rings (SSSR count). The van der Waals surface area contributed by atoms with E-state index in [1.54, 1.807) is 0 Å². The first-order valence-electron chi connectivity index (χ1n) is 6.27. The highest BCUT2D eigenvalue weighted by Crippen LogP contribution is 2.26. The molecule has 0 aliphatic carbocycles. The predicted octanol–water partition coefficient (Wildman–Crippen LogP) is 2.60. The van der Waals surface area contributed by atoms with Gasteiger partial charge in [-0.3, -0.25) is 0 Å². The normalized spacial score (nSPS) is 14.0. The molecule has 110 valence electrons. The fourth-order valence-electron chi connectivity index (χ4n) is 1.65. The van der Waals surface area contributed by atoms with Gasteiger partial charge in [-0.05, 0) is 41.6 Å². The Kier molecular flexibility index (Phi) is 6.04. The topological polar surface area (TPSA) is 85.3 Å². The van der Waals surface area contributed by atoms with E-state index in [0.29, 0.717) is 11.7 Å². The fourth-order valence-corrected chi connectivity index (χ4v) is 3.93. The second-order valence-electron chi connectivity index (χ2n) is 5.05. The molecule has 0 aliphatic rings. The molecule has 1 heterocycles. The Morgan fingerprint density at radius 2 is 2.00 bits per heavy atom. The van der Waals surface area contributed by atoms with Crippen LogP contribution in [-0.2, 0) is 16.6 Å². The summed E-state index contributed by atoms with van der Waals surface area (Å²) in [6.07, 6.45) is 1.78. The average molecular weight is 353 g/mol. The molecule has 1 unspecified atom stereocenters. The van der Waals surface area contributed by atoms with Gasteiger partial charge in [0.15, 0.2) is 4.67 Å². The molecule has 1 aromatic rings. The highest BCUT2D eigenvalue weighted by Gasteiger charge is 2.23. The number of sulfonamides is 1. The van der Waals surface area contributed by atoms with Crippen LogP contribution in [0.3, 0.4) is 0 Å². The zero-order valence-corrected chi connectivity index (χ0v) is 13.8. The van der Waals surface area contributed by atoms with Crippen LogP contribution in [0.2, 0.25) is 0 Å². The lowest BCUT2D eigenvalue weighted by Crippen LogP contribution is -2.32. The van der Waals surface area contributed by atoms with Gasteiger partial charge in [-0.15, -0.1) is 0 Å². The summed E-state index contributed by atoms with van der Waals surface area (Å²) in [4.78, 5) is 0.101. The highest BCUT2D eigenvalue weighted by molar-refractivity contribution is 9.10. The molecule has 19 heavy (non-hydrogen) atoms. The van der Waals surface area contributed by atoms with Gasteiger partial charge in [0.25, 0.3) is 0 Å². The van der Waals surface area contributed by atoms with Crippen molar-refractivity contribution in [1.29, 1.82) is 0 Å². The Morgan fingerprint density at radius 1 is 1.37 bits per heavy atom. The van der Waals surface area contributed by atoms with Crippen molar-refractivity contribution in [2.24, 2.45) is 11.7 Å². The third-order valence-electron chi connectivity index (χ3n) is 2.73. The predicted molar refractivity (Wildman–Crippen MR) is 78.2 cm³/mol. The summed E-state index contributed by atoms with van der Waals surface area (Å²) in [7, 11) is -3.57. The molecule has 0 spiro atoms. The first-order valence-corrected chi connectivity index (χ1v) is 8.54. The number of nitrogens with two attached hydrogens (primary N) is 1. The summed E-state index contributed by atoms with van der Waals surface area (Å²) in [6, 6.07) is 1.33. The van der Waals surface area contributed by atoms with Gasteiger partial charge in [-0.25, -0.2) is 13.1 Å². The first kappa shape index (κ1) is 16.7. The minimum atomic E-state index is -3.57. The number of rotatable bonds is 7. The molecule has 0 aromatic carbocycles. The summed E-state index contributed by atoms with van der Waals surface area (Å²) in [5.41, 5.74) is 5.43. The minimum absolute atomic E-state index is 0.101. The van der Waals surface area contributed by atoms with Crippen LogP contribution in [0.25, 0.3) is 0 Å². The van der Waals surface area contributed by atoms with Crippen LogP contribution in [0.4, 0.5) is 0 Å². The van der Waals surface area contributed by atoms with Gasteiger partial charge in [0.05, 0.1) is 6.54 Å². The van der Waals surface area contributed by atoms with E-state index in [0.717, 1.165) is 12.8 Å². The third kappa shape index (κ3) is 4.91. The van der Waals surface area contributed by atoms with Crippen LogP contribution in [0.1, 0.15) is 39.4 Å². The van der Waals surface area contributed by atoms with Gasteiger partial charge < -0.3 is 10.2 Å². The Labute approximate surface area is 123 Å². The molecule has 3 N–H and O–H groups in total. The molecular weight excluding hydrogens is 332 g/mol. The van der Waals surface area contributed by atoms with Gasteiger partial charge >= 0.3 is 0 Å². The van der Waals surface area contributed by atoms with Crippen molar-refractivity contribution < 1.29 is 12.8 Å². The standard InChI is InChI=1S/C12H21BrN2O3S/c1-8(2)4-5-9(3)15-19(16,17)11-6-10(7-14)18-12(11)13/h6,8-9,15H,4-5,7,14H2,1-3H3. The van der Waals surface area contributed by atoms with Crippen molar-refractivity contribution >= 4 is 26.0 Å². The van der Waals surface area contributed by atoms with Crippen LogP contribution in [0.15, 0.2) is 20.0 Å². The third-order valence-corrected chi connectivity index (χ3v) is 5.18. The molecule has 0 saturated carbocycles. The van der Waals surface area contributed by atoms with Crippen molar-refractivity contribution in [2.75, 3.05) is 0 Å². The zero-order chi connectivity index (χ0) is 14.6.